The molecule has 4 rings (SSSR count). The van der Waals surface area contributed by atoms with E-state index < -0.39 is 0 Å². The van der Waals surface area contributed by atoms with Crippen LogP contribution in [0.1, 0.15) is 32.2 Å². The topological polar surface area (TPSA) is 38.7 Å². The molecular formula is C26H25N3. The summed E-state index contributed by atoms with van der Waals surface area (Å²) in [5.74, 6) is 2.21. The highest BCUT2D eigenvalue weighted by Gasteiger charge is 2.21. The lowest BCUT2D eigenvalue weighted by molar-refractivity contribution is 0.543. The van der Waals surface area contributed by atoms with E-state index in [9.17, 15) is 0 Å². The van der Waals surface area contributed by atoms with Gasteiger partial charge < -0.3 is 0 Å². The first-order chi connectivity index (χ1) is 13.9. The van der Waals surface area contributed by atoms with Gasteiger partial charge in [-0.05, 0) is 18.1 Å². The van der Waals surface area contributed by atoms with Gasteiger partial charge >= 0.3 is 0 Å². The van der Waals surface area contributed by atoms with Gasteiger partial charge in [0.15, 0.2) is 11.6 Å². The number of nitrogens with zero attached hydrogens (tertiary/aromatic N) is 3. The van der Waals surface area contributed by atoms with Gasteiger partial charge in [0.1, 0.15) is 5.82 Å². The van der Waals surface area contributed by atoms with Gasteiger partial charge in [-0.1, -0.05) is 105 Å². The maximum absolute atomic E-state index is 4.79. The van der Waals surface area contributed by atoms with E-state index in [1.165, 1.54) is 16.7 Å². The van der Waals surface area contributed by atoms with E-state index in [1.807, 2.05) is 30.3 Å². The van der Waals surface area contributed by atoms with E-state index in [0.29, 0.717) is 11.6 Å². The van der Waals surface area contributed by atoms with E-state index >= 15 is 0 Å². The van der Waals surface area contributed by atoms with Crippen LogP contribution in [0.15, 0.2) is 78.9 Å². The number of benzene rings is 3. The van der Waals surface area contributed by atoms with Crippen LogP contribution in [0, 0.1) is 6.92 Å². The number of hydrogen-bond donors (Lipinski definition) is 0. The van der Waals surface area contributed by atoms with E-state index in [2.05, 4.69) is 76.2 Å². The van der Waals surface area contributed by atoms with Gasteiger partial charge in [0, 0.05) is 16.5 Å². The van der Waals surface area contributed by atoms with Crippen molar-refractivity contribution in [3.05, 3.63) is 90.3 Å². The molecule has 3 aromatic carbocycles. The third kappa shape index (κ3) is 4.24. The third-order valence-electron chi connectivity index (χ3n) is 4.87. The van der Waals surface area contributed by atoms with Gasteiger partial charge in [0.05, 0.1) is 0 Å². The Morgan fingerprint density at radius 3 is 1.48 bits per heavy atom. The van der Waals surface area contributed by atoms with Gasteiger partial charge in [-0.2, -0.15) is 0 Å². The van der Waals surface area contributed by atoms with E-state index in [4.69, 9.17) is 15.0 Å². The Labute approximate surface area is 172 Å². The number of aromatic nitrogens is 3. The van der Waals surface area contributed by atoms with Crippen LogP contribution in [-0.4, -0.2) is 15.0 Å². The minimum Gasteiger partial charge on any atom is -0.212 e. The zero-order chi connectivity index (χ0) is 20.4. The second-order valence-corrected chi connectivity index (χ2v) is 8.37. The first-order valence-corrected chi connectivity index (χ1v) is 9.90. The highest BCUT2D eigenvalue weighted by molar-refractivity contribution is 5.68. The molecule has 0 aliphatic carbocycles. The monoisotopic (exact) mass is 379 g/mol. The quantitative estimate of drug-likeness (QED) is 0.409. The summed E-state index contributed by atoms with van der Waals surface area (Å²) in [6.45, 7) is 8.48. The lowest BCUT2D eigenvalue weighted by Crippen LogP contribution is -2.18. The molecule has 0 unspecified atom stereocenters. The normalized spacial score (nSPS) is 11.4. The molecule has 3 heteroatoms. The van der Waals surface area contributed by atoms with Crippen molar-refractivity contribution >= 4 is 0 Å². The van der Waals surface area contributed by atoms with E-state index in [-0.39, 0.29) is 5.41 Å². The molecule has 144 valence electrons. The first-order valence-electron chi connectivity index (χ1n) is 9.90. The summed E-state index contributed by atoms with van der Waals surface area (Å²) < 4.78 is 0. The van der Waals surface area contributed by atoms with Gasteiger partial charge in [0.2, 0.25) is 0 Å². The molecular weight excluding hydrogens is 354 g/mol. The number of aryl methyl sites for hydroxylation is 1. The maximum atomic E-state index is 4.79. The van der Waals surface area contributed by atoms with Crippen LogP contribution in [-0.2, 0) is 5.41 Å². The minimum atomic E-state index is -0.164. The molecule has 0 saturated heterocycles. The molecule has 0 spiro atoms. The SMILES string of the molecule is Cc1ccc(-c2ccc(-c3nc(-c4ccccc4)nc(C(C)(C)C)n3)cc2)cc1. The molecule has 0 atom stereocenters. The first kappa shape index (κ1) is 19.0. The van der Waals surface area contributed by atoms with Crippen molar-refractivity contribution < 1.29 is 0 Å². The molecule has 0 aliphatic heterocycles. The van der Waals surface area contributed by atoms with Crippen LogP contribution in [0.25, 0.3) is 33.9 Å². The summed E-state index contributed by atoms with van der Waals surface area (Å²) in [6.07, 6.45) is 0. The largest absolute Gasteiger partial charge is 0.212 e. The molecule has 0 aliphatic rings. The summed E-state index contributed by atoms with van der Waals surface area (Å²) in [6, 6.07) is 27.1. The molecule has 0 bridgehead atoms. The molecule has 29 heavy (non-hydrogen) atoms. The van der Waals surface area contributed by atoms with Crippen LogP contribution >= 0.6 is 0 Å². The molecule has 0 amide bonds. The van der Waals surface area contributed by atoms with Crippen LogP contribution in [0.3, 0.4) is 0 Å². The Morgan fingerprint density at radius 2 is 0.966 bits per heavy atom. The third-order valence-corrected chi connectivity index (χ3v) is 4.87. The Morgan fingerprint density at radius 1 is 0.517 bits per heavy atom. The number of rotatable bonds is 3. The molecule has 0 saturated carbocycles. The predicted molar refractivity (Wildman–Crippen MR) is 120 cm³/mol. The highest BCUT2D eigenvalue weighted by Crippen LogP contribution is 2.27. The van der Waals surface area contributed by atoms with Crippen molar-refractivity contribution in [2.75, 3.05) is 0 Å². The molecule has 0 radical (unpaired) electrons. The number of hydrogen-bond acceptors (Lipinski definition) is 3. The van der Waals surface area contributed by atoms with Crippen molar-refractivity contribution in [3.63, 3.8) is 0 Å². The highest BCUT2D eigenvalue weighted by atomic mass is 15.0. The summed E-state index contributed by atoms with van der Waals surface area (Å²) >= 11 is 0. The van der Waals surface area contributed by atoms with E-state index in [1.54, 1.807) is 0 Å². The molecule has 4 aromatic rings. The fourth-order valence-electron chi connectivity index (χ4n) is 3.11. The second kappa shape index (κ2) is 7.59. The standard InChI is InChI=1S/C26H25N3/c1-18-10-12-19(13-11-18)20-14-16-22(17-15-20)24-27-23(21-8-6-5-7-9-21)28-25(29-24)26(2,3)4/h5-17H,1-4H3. The van der Waals surface area contributed by atoms with Crippen LogP contribution in [0.5, 0.6) is 0 Å². The zero-order valence-corrected chi connectivity index (χ0v) is 17.3. The van der Waals surface area contributed by atoms with Crippen molar-refractivity contribution in [2.45, 2.75) is 33.1 Å². The Bertz CT molecular complexity index is 1110. The molecule has 0 N–H and O–H groups in total. The van der Waals surface area contributed by atoms with Gasteiger partial charge in [-0.15, -0.1) is 0 Å². The Hall–Kier alpha value is -3.33. The Balaban J connectivity index is 1.76. The van der Waals surface area contributed by atoms with Gasteiger partial charge in [-0.25, -0.2) is 15.0 Å². The lowest BCUT2D eigenvalue weighted by Gasteiger charge is -2.18. The maximum Gasteiger partial charge on any atom is 0.163 e. The zero-order valence-electron chi connectivity index (χ0n) is 17.3. The van der Waals surface area contributed by atoms with Crippen LogP contribution in [0.4, 0.5) is 0 Å². The fraction of sp³-hybridized carbons (Fsp3) is 0.192. The summed E-state index contributed by atoms with van der Waals surface area (Å²) in [5.41, 5.74) is 5.48. The summed E-state index contributed by atoms with van der Waals surface area (Å²) in [4.78, 5) is 14.3. The predicted octanol–water partition coefficient (Wildman–Crippen LogP) is 6.48. The lowest BCUT2D eigenvalue weighted by atomic mass is 9.95. The molecule has 1 aromatic heterocycles. The van der Waals surface area contributed by atoms with Crippen molar-refractivity contribution in [1.29, 1.82) is 0 Å². The Kier molecular flexibility index (Phi) is 4.98. The van der Waals surface area contributed by atoms with Crippen molar-refractivity contribution in [2.24, 2.45) is 0 Å². The van der Waals surface area contributed by atoms with Gasteiger partial charge in [-0.3, -0.25) is 0 Å². The van der Waals surface area contributed by atoms with Crippen LogP contribution < -0.4 is 0 Å². The molecule has 1 heterocycles. The average molecular weight is 380 g/mol. The molecule has 3 nitrogen and oxygen atoms in total. The van der Waals surface area contributed by atoms with Gasteiger partial charge in [0.25, 0.3) is 0 Å². The van der Waals surface area contributed by atoms with Crippen molar-refractivity contribution in [3.8, 4) is 33.9 Å². The molecule has 0 fully saturated rings. The summed E-state index contributed by atoms with van der Waals surface area (Å²) in [7, 11) is 0. The average Bonchev–Trinajstić information content (AvgIpc) is 2.74. The second-order valence-electron chi connectivity index (χ2n) is 8.37. The fourth-order valence-corrected chi connectivity index (χ4v) is 3.11. The summed E-state index contributed by atoms with van der Waals surface area (Å²) in [5, 5.41) is 0. The van der Waals surface area contributed by atoms with E-state index in [0.717, 1.165) is 17.0 Å². The minimum absolute atomic E-state index is 0.164. The van der Waals surface area contributed by atoms with Crippen molar-refractivity contribution in [1.82, 2.24) is 15.0 Å². The van der Waals surface area contributed by atoms with Crippen LogP contribution in [0.2, 0.25) is 0 Å². The smallest absolute Gasteiger partial charge is 0.163 e.